The van der Waals surface area contributed by atoms with E-state index < -0.39 is 11.2 Å². The third-order valence-corrected chi connectivity index (χ3v) is 4.87. The summed E-state index contributed by atoms with van der Waals surface area (Å²) in [7, 11) is 1.58. The quantitative estimate of drug-likeness (QED) is 0.659. The number of aryl methyl sites for hydroxylation is 1. The molecule has 0 spiro atoms. The summed E-state index contributed by atoms with van der Waals surface area (Å²) >= 11 is 0. The van der Waals surface area contributed by atoms with Gasteiger partial charge in [0.15, 0.2) is 11.2 Å². The van der Waals surface area contributed by atoms with Gasteiger partial charge in [0.05, 0.1) is 0 Å². The van der Waals surface area contributed by atoms with Crippen molar-refractivity contribution in [2.75, 3.05) is 11.9 Å². The van der Waals surface area contributed by atoms with Crippen LogP contribution < -0.4 is 16.6 Å². The van der Waals surface area contributed by atoms with Crippen molar-refractivity contribution in [1.29, 1.82) is 0 Å². The summed E-state index contributed by atoms with van der Waals surface area (Å²) < 4.78 is 1.32. The third-order valence-electron chi connectivity index (χ3n) is 4.87. The first-order chi connectivity index (χ1) is 11.6. The smallest absolute Gasteiger partial charge is 0.329 e. The fourth-order valence-electron chi connectivity index (χ4n) is 3.24. The lowest BCUT2D eigenvalue weighted by Gasteiger charge is -2.41. The molecule has 0 amide bonds. The topological polar surface area (TPSA) is 108 Å². The lowest BCUT2D eigenvalue weighted by molar-refractivity contribution is 0.252. The van der Waals surface area contributed by atoms with Crippen LogP contribution >= 0.6 is 0 Å². The van der Waals surface area contributed by atoms with Crippen LogP contribution in [0.4, 0.5) is 5.95 Å². The second-order valence-corrected chi connectivity index (χ2v) is 6.30. The summed E-state index contributed by atoms with van der Waals surface area (Å²) in [6.45, 7) is 0.676. The molecule has 3 aromatic rings. The van der Waals surface area contributed by atoms with Crippen LogP contribution in [-0.2, 0) is 12.5 Å². The zero-order chi connectivity index (χ0) is 16.7. The van der Waals surface area contributed by atoms with Crippen molar-refractivity contribution in [2.45, 2.75) is 24.7 Å². The van der Waals surface area contributed by atoms with Gasteiger partial charge in [-0.15, -0.1) is 0 Å². The molecule has 1 saturated carbocycles. The Morgan fingerprint density at radius 1 is 1.29 bits per heavy atom. The van der Waals surface area contributed by atoms with Gasteiger partial charge >= 0.3 is 5.69 Å². The fourth-order valence-corrected chi connectivity index (χ4v) is 3.24. The van der Waals surface area contributed by atoms with E-state index in [1.165, 1.54) is 11.0 Å². The molecule has 0 atom stereocenters. The fraction of sp³-hybridized carbons (Fsp3) is 0.375. The maximum Gasteiger partial charge on any atom is 0.329 e. The van der Waals surface area contributed by atoms with Crippen molar-refractivity contribution < 1.29 is 0 Å². The number of imidazole rings is 1. The molecule has 0 radical (unpaired) electrons. The molecular formula is C16H18N6O2. The summed E-state index contributed by atoms with van der Waals surface area (Å²) in [4.78, 5) is 37.6. The van der Waals surface area contributed by atoms with Gasteiger partial charge in [-0.05, 0) is 25.0 Å². The normalized spacial score (nSPS) is 16.0. The van der Waals surface area contributed by atoms with Crippen molar-refractivity contribution in [2.24, 2.45) is 7.05 Å². The van der Waals surface area contributed by atoms with E-state index in [1.54, 1.807) is 7.05 Å². The first kappa shape index (κ1) is 14.7. The second kappa shape index (κ2) is 5.33. The molecule has 3 heterocycles. The number of hydrogen-bond acceptors (Lipinski definition) is 5. The second-order valence-electron chi connectivity index (χ2n) is 6.30. The van der Waals surface area contributed by atoms with Gasteiger partial charge in [-0.3, -0.25) is 19.3 Å². The van der Waals surface area contributed by atoms with E-state index in [0.29, 0.717) is 23.7 Å². The number of H-pyrrole nitrogens is 2. The monoisotopic (exact) mass is 326 g/mol. The Balaban J connectivity index is 1.63. The summed E-state index contributed by atoms with van der Waals surface area (Å²) in [6, 6.07) is 5.96. The number of fused-ring (bicyclic) bond motifs is 1. The number of pyridine rings is 1. The van der Waals surface area contributed by atoms with Crippen LogP contribution in [-0.4, -0.2) is 31.0 Å². The Bertz CT molecular complexity index is 997. The molecule has 0 saturated heterocycles. The van der Waals surface area contributed by atoms with Gasteiger partial charge in [0.1, 0.15) is 0 Å². The van der Waals surface area contributed by atoms with Gasteiger partial charge in [-0.25, -0.2) is 4.79 Å². The molecule has 1 fully saturated rings. The largest absolute Gasteiger partial charge is 0.355 e. The Kier molecular flexibility index (Phi) is 3.26. The zero-order valence-corrected chi connectivity index (χ0v) is 13.3. The maximum atomic E-state index is 11.9. The van der Waals surface area contributed by atoms with E-state index in [-0.39, 0.29) is 5.41 Å². The van der Waals surface area contributed by atoms with E-state index in [2.05, 4.69) is 25.3 Å². The molecule has 0 aromatic carbocycles. The van der Waals surface area contributed by atoms with E-state index in [4.69, 9.17) is 0 Å². The lowest BCUT2D eigenvalue weighted by atomic mass is 9.66. The van der Waals surface area contributed by atoms with Crippen LogP contribution in [0.1, 0.15) is 25.0 Å². The summed E-state index contributed by atoms with van der Waals surface area (Å²) in [5, 5.41) is 3.27. The molecule has 1 aliphatic carbocycles. The minimum absolute atomic E-state index is 0.00145. The Labute approximate surface area is 137 Å². The molecule has 4 rings (SSSR count). The van der Waals surface area contributed by atoms with Crippen LogP contribution in [0.3, 0.4) is 0 Å². The minimum atomic E-state index is -0.477. The highest BCUT2D eigenvalue weighted by Gasteiger charge is 2.39. The minimum Gasteiger partial charge on any atom is -0.355 e. The molecule has 8 nitrogen and oxygen atoms in total. The first-order valence-corrected chi connectivity index (χ1v) is 7.93. The molecule has 0 unspecified atom stereocenters. The first-order valence-electron chi connectivity index (χ1n) is 7.93. The summed E-state index contributed by atoms with van der Waals surface area (Å²) in [6.07, 6.45) is 5.12. The van der Waals surface area contributed by atoms with Crippen LogP contribution in [0.5, 0.6) is 0 Å². The number of aromatic amines is 2. The van der Waals surface area contributed by atoms with Crippen molar-refractivity contribution in [3.63, 3.8) is 0 Å². The predicted octanol–water partition coefficient (Wildman–Crippen LogP) is 0.879. The number of aromatic nitrogens is 5. The van der Waals surface area contributed by atoms with E-state index in [1.807, 2.05) is 24.4 Å². The van der Waals surface area contributed by atoms with Crippen molar-refractivity contribution in [3.8, 4) is 0 Å². The van der Waals surface area contributed by atoms with E-state index in [0.717, 1.165) is 18.5 Å². The Morgan fingerprint density at radius 3 is 2.79 bits per heavy atom. The van der Waals surface area contributed by atoms with E-state index >= 15 is 0 Å². The van der Waals surface area contributed by atoms with Gasteiger partial charge in [0.2, 0.25) is 5.95 Å². The molecular weight excluding hydrogens is 308 g/mol. The predicted molar refractivity (Wildman–Crippen MR) is 90.2 cm³/mol. The number of nitrogens with one attached hydrogen (secondary N) is 3. The Hall–Kier alpha value is -2.90. The summed E-state index contributed by atoms with van der Waals surface area (Å²) in [5.41, 5.74) is 0.765. The highest BCUT2D eigenvalue weighted by Crippen LogP contribution is 2.42. The molecule has 0 bridgehead atoms. The molecule has 8 heteroatoms. The third kappa shape index (κ3) is 2.22. The van der Waals surface area contributed by atoms with Crippen molar-refractivity contribution in [3.05, 3.63) is 50.9 Å². The van der Waals surface area contributed by atoms with Crippen LogP contribution in [0.15, 0.2) is 34.0 Å². The molecule has 3 N–H and O–H groups in total. The van der Waals surface area contributed by atoms with Gasteiger partial charge in [0.25, 0.3) is 5.56 Å². The average Bonchev–Trinajstić information content (AvgIpc) is 2.98. The van der Waals surface area contributed by atoms with Gasteiger partial charge in [-0.2, -0.15) is 4.98 Å². The van der Waals surface area contributed by atoms with Gasteiger partial charge < -0.3 is 10.3 Å². The standard InChI is InChI=1S/C16H18N6O2/c1-22-12-11(13(23)21-15(22)24)19-14(20-12)18-9-16(6-4-7-16)10-5-2-3-8-17-10/h2-3,5,8H,4,6-7,9H2,1H3,(H2,18,19,20)(H,21,23,24). The van der Waals surface area contributed by atoms with Crippen LogP contribution in [0.25, 0.3) is 11.2 Å². The van der Waals surface area contributed by atoms with Gasteiger partial charge in [0, 0.05) is 30.9 Å². The Morgan fingerprint density at radius 2 is 2.12 bits per heavy atom. The number of hydrogen-bond donors (Lipinski definition) is 3. The summed E-state index contributed by atoms with van der Waals surface area (Å²) in [5.74, 6) is 0.485. The van der Waals surface area contributed by atoms with Gasteiger partial charge in [-0.1, -0.05) is 12.5 Å². The number of rotatable bonds is 4. The molecule has 24 heavy (non-hydrogen) atoms. The molecule has 1 aliphatic rings. The SMILES string of the molecule is Cn1c(=O)[nH]c(=O)c2[nH]c(NCC3(c4ccccn4)CCC3)nc21. The maximum absolute atomic E-state index is 11.9. The zero-order valence-electron chi connectivity index (χ0n) is 13.3. The molecule has 0 aliphatic heterocycles. The molecule has 124 valence electrons. The average molecular weight is 326 g/mol. The lowest BCUT2D eigenvalue weighted by Crippen LogP contribution is -2.41. The van der Waals surface area contributed by atoms with E-state index in [9.17, 15) is 9.59 Å². The van der Waals surface area contributed by atoms with Crippen LogP contribution in [0.2, 0.25) is 0 Å². The highest BCUT2D eigenvalue weighted by atomic mass is 16.2. The highest BCUT2D eigenvalue weighted by molar-refractivity contribution is 5.72. The number of nitrogens with zero attached hydrogens (tertiary/aromatic N) is 3. The van der Waals surface area contributed by atoms with Crippen molar-refractivity contribution >= 4 is 17.1 Å². The number of anilines is 1. The van der Waals surface area contributed by atoms with Crippen molar-refractivity contribution in [1.82, 2.24) is 24.5 Å². The molecule has 3 aromatic heterocycles. The van der Waals surface area contributed by atoms with Crippen LogP contribution in [0, 0.1) is 0 Å².